The molecule has 2 heterocycles. The fraction of sp³-hybridized carbons (Fsp3) is 0.417. The van der Waals surface area contributed by atoms with Gasteiger partial charge in [0.05, 0.1) is 11.9 Å². The Hall–Kier alpha value is -2.80. The van der Waals surface area contributed by atoms with Gasteiger partial charge in [0.15, 0.2) is 11.2 Å². The van der Waals surface area contributed by atoms with Gasteiger partial charge in [-0.2, -0.15) is 0 Å². The first-order valence-corrected chi connectivity index (χ1v) is 11.8. The van der Waals surface area contributed by atoms with Gasteiger partial charge < -0.3 is 4.74 Å². The third-order valence-corrected chi connectivity index (χ3v) is 6.47. The number of esters is 1. The van der Waals surface area contributed by atoms with Crippen molar-refractivity contribution in [2.75, 3.05) is 4.90 Å². The summed E-state index contributed by atoms with van der Waals surface area (Å²) < 4.78 is 5.51. The van der Waals surface area contributed by atoms with Crippen molar-refractivity contribution < 1.29 is 14.3 Å². The van der Waals surface area contributed by atoms with Gasteiger partial charge in [0, 0.05) is 35.1 Å². The Morgan fingerprint density at radius 3 is 2.74 bits per heavy atom. The number of aromatic nitrogens is 2. The maximum atomic E-state index is 13.2. The van der Waals surface area contributed by atoms with Crippen LogP contribution in [0.2, 0.25) is 0 Å². The van der Waals surface area contributed by atoms with Crippen LogP contribution in [-0.4, -0.2) is 34.0 Å². The molecular weight excluding hydrogens is 410 g/mol. The lowest BCUT2D eigenvalue weighted by Crippen LogP contribution is -2.47. The molecule has 0 radical (unpaired) electrons. The zero-order valence-electron chi connectivity index (χ0n) is 17.7. The predicted octanol–water partition coefficient (Wildman–Crippen LogP) is 4.92. The number of amides is 1. The molecule has 2 aromatic heterocycles. The predicted molar refractivity (Wildman–Crippen MR) is 122 cm³/mol. The molecule has 31 heavy (non-hydrogen) atoms. The molecule has 0 bridgehead atoms. The fourth-order valence-electron chi connectivity index (χ4n) is 4.08. The summed E-state index contributed by atoms with van der Waals surface area (Å²) in [5.41, 5.74) is 1.74. The summed E-state index contributed by atoms with van der Waals surface area (Å²) in [7, 11) is 0. The zero-order chi connectivity index (χ0) is 21.6. The Kier molecular flexibility index (Phi) is 6.92. The first kappa shape index (κ1) is 21.4. The lowest BCUT2D eigenvalue weighted by molar-refractivity contribution is -0.154. The summed E-state index contributed by atoms with van der Waals surface area (Å²) in [6.07, 6.45) is 6.84. The maximum Gasteiger partial charge on any atom is 0.306 e. The number of rotatable bonds is 7. The molecule has 1 aliphatic rings. The van der Waals surface area contributed by atoms with E-state index in [0.717, 1.165) is 42.3 Å². The van der Waals surface area contributed by atoms with E-state index in [1.165, 1.54) is 17.8 Å². The van der Waals surface area contributed by atoms with Crippen molar-refractivity contribution in [3.05, 3.63) is 53.7 Å². The highest BCUT2D eigenvalue weighted by Gasteiger charge is 2.33. The summed E-state index contributed by atoms with van der Waals surface area (Å²) in [6.45, 7) is 1.65. The van der Waals surface area contributed by atoms with Crippen LogP contribution in [0.1, 0.15) is 51.1 Å². The van der Waals surface area contributed by atoms with Crippen molar-refractivity contribution >= 4 is 39.2 Å². The van der Waals surface area contributed by atoms with Crippen LogP contribution in [0.25, 0.3) is 10.9 Å². The second-order valence-electron chi connectivity index (χ2n) is 7.94. The van der Waals surface area contributed by atoms with Crippen LogP contribution in [0.5, 0.6) is 0 Å². The summed E-state index contributed by atoms with van der Waals surface area (Å²) in [6, 6.07) is 11.9. The molecule has 7 heteroatoms. The van der Waals surface area contributed by atoms with Gasteiger partial charge in [0.1, 0.15) is 0 Å². The summed E-state index contributed by atoms with van der Waals surface area (Å²) in [5.74, 6) is -0.586. The minimum absolute atomic E-state index is 0.121. The van der Waals surface area contributed by atoms with E-state index < -0.39 is 12.1 Å². The third kappa shape index (κ3) is 5.28. The SMILES string of the molecule is CC(OC(=O)CCc1ccc2ccccc2n1)C(=O)N(c1nccs1)C1CCCCC1. The van der Waals surface area contributed by atoms with Crippen molar-refractivity contribution in [1.29, 1.82) is 0 Å². The Balaban J connectivity index is 1.36. The van der Waals surface area contributed by atoms with Gasteiger partial charge in [0.2, 0.25) is 0 Å². The smallest absolute Gasteiger partial charge is 0.306 e. The average Bonchev–Trinajstić information content (AvgIpc) is 3.32. The first-order valence-electron chi connectivity index (χ1n) is 10.9. The second kappa shape index (κ2) is 10.0. The number of anilines is 1. The van der Waals surface area contributed by atoms with Gasteiger partial charge in [-0.3, -0.25) is 19.5 Å². The van der Waals surface area contributed by atoms with Crippen LogP contribution in [0.3, 0.4) is 0 Å². The van der Waals surface area contributed by atoms with E-state index in [4.69, 9.17) is 4.74 Å². The molecule has 1 aliphatic carbocycles. The Morgan fingerprint density at radius 1 is 1.16 bits per heavy atom. The number of aryl methyl sites for hydroxylation is 1. The maximum absolute atomic E-state index is 13.2. The van der Waals surface area contributed by atoms with E-state index in [-0.39, 0.29) is 18.4 Å². The minimum atomic E-state index is -0.845. The standard InChI is InChI=1S/C24H27N3O3S/c1-17(23(29)27(24-25-15-16-31-24)20-8-3-2-4-9-20)30-22(28)14-13-19-12-11-18-7-5-6-10-21(18)26-19/h5-7,10-12,15-17,20H,2-4,8-9,13-14H2,1H3. The number of para-hydroxylation sites is 1. The number of hydrogen-bond acceptors (Lipinski definition) is 6. The van der Waals surface area contributed by atoms with Crippen LogP contribution in [-0.2, 0) is 20.7 Å². The van der Waals surface area contributed by atoms with E-state index in [1.807, 2.05) is 41.8 Å². The van der Waals surface area contributed by atoms with Crippen LogP contribution in [0.15, 0.2) is 48.0 Å². The molecule has 162 valence electrons. The molecule has 1 aromatic carbocycles. The highest BCUT2D eigenvalue weighted by Crippen LogP contribution is 2.29. The zero-order valence-corrected chi connectivity index (χ0v) is 18.5. The molecule has 6 nitrogen and oxygen atoms in total. The quantitative estimate of drug-likeness (QED) is 0.491. The Labute approximate surface area is 186 Å². The topological polar surface area (TPSA) is 72.4 Å². The van der Waals surface area contributed by atoms with E-state index in [2.05, 4.69) is 9.97 Å². The van der Waals surface area contributed by atoms with Crippen molar-refractivity contribution in [2.24, 2.45) is 0 Å². The largest absolute Gasteiger partial charge is 0.453 e. The van der Waals surface area contributed by atoms with Crippen LogP contribution in [0.4, 0.5) is 5.13 Å². The molecule has 1 fully saturated rings. The minimum Gasteiger partial charge on any atom is -0.453 e. The summed E-state index contributed by atoms with van der Waals surface area (Å²) >= 11 is 1.44. The van der Waals surface area contributed by atoms with Gasteiger partial charge in [-0.15, -0.1) is 11.3 Å². The van der Waals surface area contributed by atoms with Crippen LogP contribution >= 0.6 is 11.3 Å². The van der Waals surface area contributed by atoms with E-state index in [9.17, 15) is 9.59 Å². The highest BCUT2D eigenvalue weighted by atomic mass is 32.1. The molecule has 1 saturated carbocycles. The van der Waals surface area contributed by atoms with Gasteiger partial charge in [0.25, 0.3) is 5.91 Å². The Bertz CT molecular complexity index is 1030. The molecule has 1 atom stereocenters. The number of fused-ring (bicyclic) bond motifs is 1. The second-order valence-corrected chi connectivity index (χ2v) is 8.82. The fourth-order valence-corrected chi connectivity index (χ4v) is 4.80. The number of hydrogen-bond donors (Lipinski definition) is 0. The van der Waals surface area contributed by atoms with Gasteiger partial charge in [-0.05, 0) is 31.9 Å². The summed E-state index contributed by atoms with van der Waals surface area (Å²) in [5, 5.41) is 3.62. The normalized spacial score (nSPS) is 15.5. The third-order valence-electron chi connectivity index (χ3n) is 5.70. The van der Waals surface area contributed by atoms with Crippen molar-refractivity contribution in [3.63, 3.8) is 0 Å². The molecule has 0 saturated heterocycles. The number of nitrogens with zero attached hydrogens (tertiary/aromatic N) is 3. The molecule has 3 aromatic rings. The van der Waals surface area contributed by atoms with Crippen LogP contribution in [0, 0.1) is 0 Å². The van der Waals surface area contributed by atoms with Gasteiger partial charge in [-0.25, -0.2) is 4.98 Å². The van der Waals surface area contributed by atoms with E-state index in [0.29, 0.717) is 11.6 Å². The molecule has 4 rings (SSSR count). The van der Waals surface area contributed by atoms with Crippen molar-refractivity contribution in [2.45, 2.75) is 64.0 Å². The lowest BCUT2D eigenvalue weighted by atomic mass is 9.94. The van der Waals surface area contributed by atoms with Crippen LogP contribution < -0.4 is 4.90 Å². The number of carbonyl (C=O) groups is 2. The highest BCUT2D eigenvalue weighted by molar-refractivity contribution is 7.13. The van der Waals surface area contributed by atoms with Crippen molar-refractivity contribution in [1.82, 2.24) is 9.97 Å². The molecule has 0 spiro atoms. The number of carbonyl (C=O) groups excluding carboxylic acids is 2. The number of ether oxygens (including phenoxy) is 1. The molecule has 0 N–H and O–H groups in total. The lowest BCUT2D eigenvalue weighted by Gasteiger charge is -2.33. The van der Waals surface area contributed by atoms with Gasteiger partial charge >= 0.3 is 5.97 Å². The molecule has 1 unspecified atom stereocenters. The molecular formula is C24H27N3O3S. The van der Waals surface area contributed by atoms with E-state index in [1.54, 1.807) is 18.0 Å². The average molecular weight is 438 g/mol. The summed E-state index contributed by atoms with van der Waals surface area (Å²) in [4.78, 5) is 36.3. The Morgan fingerprint density at radius 2 is 1.97 bits per heavy atom. The van der Waals surface area contributed by atoms with Gasteiger partial charge in [-0.1, -0.05) is 43.5 Å². The number of thiazole rings is 1. The van der Waals surface area contributed by atoms with E-state index >= 15 is 0 Å². The number of benzene rings is 1. The number of pyridine rings is 1. The molecule has 0 aliphatic heterocycles. The monoisotopic (exact) mass is 437 g/mol. The molecule has 1 amide bonds. The first-order chi connectivity index (χ1) is 15.1. The van der Waals surface area contributed by atoms with Crippen molar-refractivity contribution in [3.8, 4) is 0 Å².